The number of aromatic nitrogens is 1. The standard InChI is InChI=1S/C41H40F2N2O6/c1-26(2)45-36(21-20-33(46)23-34(47)24-37(48)50-3)38(28-12-16-30(42)17-13-28)39(29-14-18-31(43)19-15-29)40(45)41(49)44-32-10-7-11-35(22-32)51-25-27-8-5-4-6-9-27/h4-22,26,33-34,46-47H,23-25H2,1-3H3,(H,44,49)/t33-,34-/m1/s1. The highest BCUT2D eigenvalue weighted by Crippen LogP contribution is 2.43. The Labute approximate surface area is 295 Å². The number of ether oxygens (including phenoxy) is 2. The SMILES string of the molecule is COC(=O)C[C@H](O)C[C@H](O)C=Cc1c(-c2ccc(F)cc2)c(-c2ccc(F)cc2)c(C(=O)Nc2cccc(OCc3ccccc3)c2)n1C(C)C. The van der Waals surface area contributed by atoms with E-state index in [1.165, 1.54) is 37.5 Å². The summed E-state index contributed by atoms with van der Waals surface area (Å²) in [4.78, 5) is 26.1. The minimum atomic E-state index is -1.17. The van der Waals surface area contributed by atoms with Crippen molar-refractivity contribution < 1.29 is 38.1 Å². The third-order valence-corrected chi connectivity index (χ3v) is 8.20. The number of esters is 1. The fourth-order valence-electron chi connectivity index (χ4n) is 5.85. The van der Waals surface area contributed by atoms with E-state index < -0.39 is 35.7 Å². The van der Waals surface area contributed by atoms with Gasteiger partial charge < -0.3 is 29.6 Å². The Hall–Kier alpha value is -5.58. The Kier molecular flexibility index (Phi) is 12.2. The summed E-state index contributed by atoms with van der Waals surface area (Å²) in [6.45, 7) is 4.13. The number of hydrogen-bond acceptors (Lipinski definition) is 6. The molecule has 4 aromatic carbocycles. The first-order valence-corrected chi connectivity index (χ1v) is 16.5. The molecule has 0 spiro atoms. The molecule has 2 atom stereocenters. The molecule has 3 N–H and O–H groups in total. The predicted molar refractivity (Wildman–Crippen MR) is 193 cm³/mol. The average molecular weight is 695 g/mol. The highest BCUT2D eigenvalue weighted by Gasteiger charge is 2.30. The zero-order chi connectivity index (χ0) is 36.5. The van der Waals surface area contributed by atoms with Crippen LogP contribution in [0.1, 0.15) is 54.5 Å². The van der Waals surface area contributed by atoms with Gasteiger partial charge in [0.05, 0.1) is 25.7 Å². The quantitative estimate of drug-likeness (QED) is 0.101. The molecule has 0 fully saturated rings. The topological polar surface area (TPSA) is 110 Å². The highest BCUT2D eigenvalue weighted by atomic mass is 19.1. The van der Waals surface area contributed by atoms with E-state index in [0.717, 1.165) is 5.56 Å². The van der Waals surface area contributed by atoms with Gasteiger partial charge in [-0.05, 0) is 73.0 Å². The van der Waals surface area contributed by atoms with Crippen molar-refractivity contribution in [3.05, 3.63) is 138 Å². The van der Waals surface area contributed by atoms with Crippen molar-refractivity contribution in [3.8, 4) is 28.0 Å². The third-order valence-electron chi connectivity index (χ3n) is 8.20. The molecule has 264 valence electrons. The summed E-state index contributed by atoms with van der Waals surface area (Å²) in [5.41, 5.74) is 4.31. The fourth-order valence-corrected chi connectivity index (χ4v) is 5.85. The summed E-state index contributed by atoms with van der Waals surface area (Å²) < 4.78 is 40.8. The third kappa shape index (κ3) is 9.36. The second kappa shape index (κ2) is 16.9. The van der Waals surface area contributed by atoms with Gasteiger partial charge >= 0.3 is 5.97 Å². The summed E-state index contributed by atoms with van der Waals surface area (Å²) in [5.74, 6) is -1.45. The predicted octanol–water partition coefficient (Wildman–Crippen LogP) is 8.20. The van der Waals surface area contributed by atoms with Crippen LogP contribution in [-0.2, 0) is 16.1 Å². The van der Waals surface area contributed by atoms with Crippen LogP contribution in [-0.4, -0.2) is 46.0 Å². The molecule has 0 radical (unpaired) electrons. The number of amides is 1. The van der Waals surface area contributed by atoms with Crippen LogP contribution >= 0.6 is 0 Å². The number of rotatable bonds is 14. The molecule has 0 saturated heterocycles. The van der Waals surface area contributed by atoms with Crippen LogP contribution < -0.4 is 10.1 Å². The normalized spacial score (nSPS) is 12.5. The van der Waals surface area contributed by atoms with Gasteiger partial charge in [-0.3, -0.25) is 9.59 Å². The summed E-state index contributed by atoms with van der Waals surface area (Å²) in [7, 11) is 1.21. The largest absolute Gasteiger partial charge is 0.489 e. The smallest absolute Gasteiger partial charge is 0.308 e. The van der Waals surface area contributed by atoms with Gasteiger partial charge in [0.15, 0.2) is 0 Å². The van der Waals surface area contributed by atoms with Crippen LogP contribution in [0, 0.1) is 11.6 Å². The Bertz CT molecular complexity index is 1970. The molecule has 0 aliphatic rings. The van der Waals surface area contributed by atoms with E-state index in [1.807, 2.05) is 44.2 Å². The van der Waals surface area contributed by atoms with E-state index in [9.17, 15) is 28.6 Å². The van der Waals surface area contributed by atoms with Gasteiger partial charge in [-0.15, -0.1) is 0 Å². The Balaban J connectivity index is 1.62. The molecule has 0 aliphatic heterocycles. The Morgan fingerprint density at radius 2 is 1.47 bits per heavy atom. The van der Waals surface area contributed by atoms with Gasteiger partial charge in [0.1, 0.15) is 29.7 Å². The number of nitrogens with zero attached hydrogens (tertiary/aromatic N) is 1. The van der Waals surface area contributed by atoms with Gasteiger partial charge in [-0.2, -0.15) is 0 Å². The number of nitrogens with one attached hydrogen (secondary N) is 1. The fraction of sp³-hybridized carbons (Fsp3) is 0.220. The molecule has 51 heavy (non-hydrogen) atoms. The Morgan fingerprint density at radius 3 is 2.08 bits per heavy atom. The summed E-state index contributed by atoms with van der Waals surface area (Å²) >= 11 is 0. The number of anilines is 1. The van der Waals surface area contributed by atoms with Crippen molar-refractivity contribution in [2.45, 2.75) is 51.5 Å². The number of benzene rings is 4. The van der Waals surface area contributed by atoms with Crippen molar-refractivity contribution in [1.29, 1.82) is 0 Å². The van der Waals surface area contributed by atoms with Crippen LogP contribution in [0.3, 0.4) is 0 Å². The lowest BCUT2D eigenvalue weighted by molar-refractivity contribution is -0.143. The van der Waals surface area contributed by atoms with E-state index in [4.69, 9.17) is 4.74 Å². The molecule has 1 heterocycles. The average Bonchev–Trinajstić information content (AvgIpc) is 3.46. The van der Waals surface area contributed by atoms with Crippen molar-refractivity contribution in [2.75, 3.05) is 12.4 Å². The number of halogens is 2. The summed E-state index contributed by atoms with van der Waals surface area (Å²) in [6.07, 6.45) is 0.324. The second-order valence-electron chi connectivity index (χ2n) is 12.3. The van der Waals surface area contributed by atoms with Crippen LogP contribution in [0.2, 0.25) is 0 Å². The van der Waals surface area contributed by atoms with Gasteiger partial charge in [-0.25, -0.2) is 8.78 Å². The highest BCUT2D eigenvalue weighted by molar-refractivity contribution is 6.12. The number of aliphatic hydroxyl groups is 2. The van der Waals surface area contributed by atoms with Crippen LogP contribution in [0.25, 0.3) is 28.3 Å². The molecule has 0 saturated carbocycles. The number of methoxy groups -OCH3 is 1. The van der Waals surface area contributed by atoms with Crippen molar-refractivity contribution in [2.24, 2.45) is 0 Å². The molecule has 0 aliphatic carbocycles. The second-order valence-corrected chi connectivity index (χ2v) is 12.3. The molecule has 5 rings (SSSR count). The monoisotopic (exact) mass is 694 g/mol. The lowest BCUT2D eigenvalue weighted by Gasteiger charge is -2.18. The van der Waals surface area contributed by atoms with E-state index >= 15 is 0 Å². The number of carbonyl (C=O) groups is 2. The minimum Gasteiger partial charge on any atom is -0.489 e. The van der Waals surface area contributed by atoms with E-state index in [1.54, 1.807) is 59.2 Å². The maximum atomic E-state index is 14.5. The molecule has 5 aromatic rings. The molecule has 1 amide bonds. The van der Waals surface area contributed by atoms with Gasteiger partial charge in [0, 0.05) is 41.0 Å². The van der Waals surface area contributed by atoms with Crippen molar-refractivity contribution >= 4 is 23.6 Å². The van der Waals surface area contributed by atoms with Crippen molar-refractivity contribution in [3.63, 3.8) is 0 Å². The van der Waals surface area contributed by atoms with Gasteiger partial charge in [-0.1, -0.05) is 66.7 Å². The molecular formula is C41H40F2N2O6. The van der Waals surface area contributed by atoms with Crippen molar-refractivity contribution in [1.82, 2.24) is 4.57 Å². The first-order chi connectivity index (χ1) is 24.5. The van der Waals surface area contributed by atoms with E-state index in [-0.39, 0.29) is 24.6 Å². The zero-order valence-corrected chi connectivity index (χ0v) is 28.6. The first kappa shape index (κ1) is 36.7. The summed E-state index contributed by atoms with van der Waals surface area (Å²) in [6, 6.07) is 27.9. The number of hydrogen-bond donors (Lipinski definition) is 3. The van der Waals surface area contributed by atoms with Gasteiger partial charge in [0.2, 0.25) is 0 Å². The molecule has 0 unspecified atom stereocenters. The van der Waals surface area contributed by atoms with E-state index in [0.29, 0.717) is 46.0 Å². The molecular weight excluding hydrogens is 654 g/mol. The lowest BCUT2D eigenvalue weighted by atomic mass is 9.94. The van der Waals surface area contributed by atoms with E-state index in [2.05, 4.69) is 10.1 Å². The Morgan fingerprint density at radius 1 is 0.843 bits per heavy atom. The summed E-state index contributed by atoms with van der Waals surface area (Å²) in [5, 5.41) is 24.2. The molecule has 1 aromatic heterocycles. The zero-order valence-electron chi connectivity index (χ0n) is 28.6. The maximum absolute atomic E-state index is 14.5. The molecule has 10 heteroatoms. The minimum absolute atomic E-state index is 0.152. The number of carbonyl (C=O) groups excluding carboxylic acids is 2. The number of aliphatic hydroxyl groups excluding tert-OH is 2. The molecule has 8 nitrogen and oxygen atoms in total. The maximum Gasteiger partial charge on any atom is 0.308 e. The lowest BCUT2D eigenvalue weighted by Crippen LogP contribution is -2.20. The van der Waals surface area contributed by atoms with Crippen LogP contribution in [0.5, 0.6) is 5.75 Å². The first-order valence-electron chi connectivity index (χ1n) is 16.5. The van der Waals surface area contributed by atoms with Crippen LogP contribution in [0.4, 0.5) is 14.5 Å². The van der Waals surface area contributed by atoms with Crippen LogP contribution in [0.15, 0.2) is 109 Å². The molecule has 0 bridgehead atoms. The van der Waals surface area contributed by atoms with Gasteiger partial charge in [0.25, 0.3) is 5.91 Å².